The first kappa shape index (κ1) is 14.2. The molecule has 0 aliphatic carbocycles. The highest BCUT2D eigenvalue weighted by atomic mass is 16.2. The van der Waals surface area contributed by atoms with E-state index in [1.807, 2.05) is 6.92 Å². The third-order valence-corrected chi connectivity index (χ3v) is 3.66. The third kappa shape index (κ3) is 3.82. The molecule has 0 spiro atoms. The van der Waals surface area contributed by atoms with Crippen molar-refractivity contribution in [3.05, 3.63) is 12.7 Å². The zero-order valence-electron chi connectivity index (χ0n) is 11.0. The quantitative estimate of drug-likeness (QED) is 0.696. The molecule has 0 radical (unpaired) electrons. The Balaban J connectivity index is 2.55. The van der Waals surface area contributed by atoms with Crippen LogP contribution in [0, 0.1) is 5.92 Å². The second-order valence-electron chi connectivity index (χ2n) is 4.93. The zero-order valence-corrected chi connectivity index (χ0v) is 11.0. The largest absolute Gasteiger partial charge is 0.351 e. The van der Waals surface area contributed by atoms with Gasteiger partial charge in [-0.1, -0.05) is 6.08 Å². The van der Waals surface area contributed by atoms with Crippen molar-refractivity contribution in [2.75, 3.05) is 19.6 Å². The normalized spacial score (nSPS) is 27.5. The van der Waals surface area contributed by atoms with E-state index in [0.717, 1.165) is 13.0 Å². The maximum absolute atomic E-state index is 11.9. The van der Waals surface area contributed by atoms with Crippen LogP contribution in [0.15, 0.2) is 12.7 Å². The minimum Gasteiger partial charge on any atom is -0.351 e. The summed E-state index contributed by atoms with van der Waals surface area (Å²) in [5.41, 5.74) is 5.73. The van der Waals surface area contributed by atoms with Gasteiger partial charge < -0.3 is 11.1 Å². The third-order valence-electron chi connectivity index (χ3n) is 3.66. The molecule has 4 heteroatoms. The first-order valence-corrected chi connectivity index (χ1v) is 6.44. The Kier molecular flexibility index (Phi) is 5.65. The van der Waals surface area contributed by atoms with Crippen LogP contribution in [-0.2, 0) is 4.79 Å². The van der Waals surface area contributed by atoms with Crippen molar-refractivity contribution in [1.29, 1.82) is 0 Å². The molecule has 17 heavy (non-hydrogen) atoms. The van der Waals surface area contributed by atoms with Crippen molar-refractivity contribution in [1.82, 2.24) is 10.2 Å². The van der Waals surface area contributed by atoms with Gasteiger partial charge >= 0.3 is 0 Å². The predicted molar refractivity (Wildman–Crippen MR) is 70.6 cm³/mol. The first-order chi connectivity index (χ1) is 8.10. The number of carbonyl (C=O) groups excluding carboxylic acids is 1. The van der Waals surface area contributed by atoms with E-state index in [2.05, 4.69) is 23.7 Å². The summed E-state index contributed by atoms with van der Waals surface area (Å²) in [6.45, 7) is 9.93. The van der Waals surface area contributed by atoms with Crippen molar-refractivity contribution < 1.29 is 4.79 Å². The SMILES string of the molecule is C=CCNC(=O)C(C)N1CC(CN)CCC1C. The summed E-state index contributed by atoms with van der Waals surface area (Å²) in [7, 11) is 0. The predicted octanol–water partition coefficient (Wildman–Crippen LogP) is 0.736. The minimum absolute atomic E-state index is 0.0782. The number of hydrogen-bond donors (Lipinski definition) is 2. The molecule has 0 aromatic heterocycles. The number of piperidine rings is 1. The fourth-order valence-electron chi connectivity index (χ4n) is 2.42. The molecule has 1 fully saturated rings. The molecular formula is C13H25N3O. The van der Waals surface area contributed by atoms with Crippen LogP contribution in [0.2, 0.25) is 0 Å². The van der Waals surface area contributed by atoms with Crippen LogP contribution in [0.4, 0.5) is 0 Å². The monoisotopic (exact) mass is 239 g/mol. The van der Waals surface area contributed by atoms with Crippen molar-refractivity contribution in [2.45, 2.75) is 38.8 Å². The first-order valence-electron chi connectivity index (χ1n) is 6.44. The Hall–Kier alpha value is -0.870. The van der Waals surface area contributed by atoms with Crippen LogP contribution in [0.3, 0.4) is 0 Å². The van der Waals surface area contributed by atoms with Crippen LogP contribution in [-0.4, -0.2) is 42.5 Å². The molecule has 1 amide bonds. The van der Waals surface area contributed by atoms with Gasteiger partial charge in [0.2, 0.25) is 5.91 Å². The topological polar surface area (TPSA) is 58.4 Å². The van der Waals surface area contributed by atoms with Gasteiger partial charge in [0.15, 0.2) is 0 Å². The van der Waals surface area contributed by atoms with E-state index >= 15 is 0 Å². The van der Waals surface area contributed by atoms with Gasteiger partial charge in [0.05, 0.1) is 6.04 Å². The van der Waals surface area contributed by atoms with Gasteiger partial charge in [0.1, 0.15) is 0 Å². The lowest BCUT2D eigenvalue weighted by Gasteiger charge is -2.40. The van der Waals surface area contributed by atoms with Gasteiger partial charge in [0, 0.05) is 19.1 Å². The van der Waals surface area contributed by atoms with E-state index in [9.17, 15) is 4.79 Å². The summed E-state index contributed by atoms with van der Waals surface area (Å²) in [5.74, 6) is 0.607. The lowest BCUT2D eigenvalue weighted by molar-refractivity contribution is -0.127. The molecule has 1 aliphatic heterocycles. The second kappa shape index (κ2) is 6.77. The van der Waals surface area contributed by atoms with E-state index in [4.69, 9.17) is 5.73 Å². The standard InChI is InChI=1S/C13H25N3O/c1-4-7-15-13(17)11(3)16-9-12(8-14)6-5-10(16)2/h4,10-12H,1,5-9,14H2,2-3H3,(H,15,17). The zero-order chi connectivity index (χ0) is 12.8. The number of amides is 1. The van der Waals surface area contributed by atoms with Crippen LogP contribution >= 0.6 is 0 Å². The van der Waals surface area contributed by atoms with Crippen molar-refractivity contribution >= 4 is 5.91 Å². The summed E-state index contributed by atoms with van der Waals surface area (Å²) in [5, 5.41) is 2.85. The van der Waals surface area contributed by atoms with Gasteiger partial charge in [-0.2, -0.15) is 0 Å². The molecule has 0 aromatic carbocycles. The summed E-state index contributed by atoms with van der Waals surface area (Å²) in [4.78, 5) is 14.2. The van der Waals surface area contributed by atoms with Crippen molar-refractivity contribution in [3.63, 3.8) is 0 Å². The van der Waals surface area contributed by atoms with Crippen LogP contribution in [0.1, 0.15) is 26.7 Å². The molecule has 3 N–H and O–H groups in total. The lowest BCUT2D eigenvalue weighted by atomic mass is 9.92. The average molecular weight is 239 g/mol. The highest BCUT2D eigenvalue weighted by Gasteiger charge is 2.31. The molecule has 0 aromatic rings. The van der Waals surface area contributed by atoms with E-state index in [-0.39, 0.29) is 11.9 Å². The van der Waals surface area contributed by atoms with Crippen LogP contribution in [0.5, 0.6) is 0 Å². The van der Waals surface area contributed by atoms with E-state index in [1.54, 1.807) is 6.08 Å². The summed E-state index contributed by atoms with van der Waals surface area (Å²) in [6, 6.07) is 0.376. The molecule has 1 aliphatic rings. The smallest absolute Gasteiger partial charge is 0.237 e. The molecule has 0 saturated carbocycles. The Bertz CT molecular complexity index is 267. The number of carbonyl (C=O) groups is 1. The fraction of sp³-hybridized carbons (Fsp3) is 0.769. The van der Waals surface area contributed by atoms with Crippen LogP contribution in [0.25, 0.3) is 0 Å². The Labute approximate surface area is 104 Å². The molecular weight excluding hydrogens is 214 g/mol. The highest BCUT2D eigenvalue weighted by Crippen LogP contribution is 2.23. The van der Waals surface area contributed by atoms with Gasteiger partial charge in [-0.3, -0.25) is 9.69 Å². The van der Waals surface area contributed by atoms with E-state index in [0.29, 0.717) is 25.0 Å². The Morgan fingerprint density at radius 1 is 1.65 bits per heavy atom. The van der Waals surface area contributed by atoms with E-state index in [1.165, 1.54) is 6.42 Å². The Morgan fingerprint density at radius 2 is 2.35 bits per heavy atom. The van der Waals surface area contributed by atoms with Gasteiger partial charge in [-0.15, -0.1) is 6.58 Å². The summed E-state index contributed by atoms with van der Waals surface area (Å²) < 4.78 is 0. The average Bonchev–Trinajstić information content (AvgIpc) is 2.35. The molecule has 4 nitrogen and oxygen atoms in total. The number of likely N-dealkylation sites (tertiary alicyclic amines) is 1. The van der Waals surface area contributed by atoms with Gasteiger partial charge in [-0.25, -0.2) is 0 Å². The van der Waals surface area contributed by atoms with Gasteiger partial charge in [0.25, 0.3) is 0 Å². The molecule has 3 unspecified atom stereocenters. The molecule has 0 bridgehead atoms. The number of hydrogen-bond acceptors (Lipinski definition) is 3. The number of rotatable bonds is 5. The summed E-state index contributed by atoms with van der Waals surface area (Å²) in [6.07, 6.45) is 4.00. The van der Waals surface area contributed by atoms with Gasteiger partial charge in [-0.05, 0) is 39.2 Å². The molecule has 98 valence electrons. The Morgan fingerprint density at radius 3 is 2.94 bits per heavy atom. The molecule has 1 rings (SSSR count). The maximum Gasteiger partial charge on any atom is 0.237 e. The number of nitrogens with one attached hydrogen (secondary N) is 1. The van der Waals surface area contributed by atoms with Crippen molar-refractivity contribution in [3.8, 4) is 0 Å². The number of nitrogens with zero attached hydrogens (tertiary/aromatic N) is 1. The number of nitrogens with two attached hydrogens (primary N) is 1. The van der Waals surface area contributed by atoms with Crippen LogP contribution < -0.4 is 11.1 Å². The molecule has 1 saturated heterocycles. The molecule has 3 atom stereocenters. The maximum atomic E-state index is 11.9. The highest BCUT2D eigenvalue weighted by molar-refractivity contribution is 5.81. The summed E-state index contributed by atoms with van der Waals surface area (Å²) >= 11 is 0. The fourth-order valence-corrected chi connectivity index (χ4v) is 2.42. The minimum atomic E-state index is -0.0840. The second-order valence-corrected chi connectivity index (χ2v) is 4.93. The van der Waals surface area contributed by atoms with E-state index < -0.39 is 0 Å². The van der Waals surface area contributed by atoms with Crippen molar-refractivity contribution in [2.24, 2.45) is 11.7 Å². The molecule has 1 heterocycles. The lowest BCUT2D eigenvalue weighted by Crippen LogP contribution is -2.53.